The molecule has 2 aromatic heterocycles. The minimum atomic E-state index is -0.112. The maximum Gasteiger partial charge on any atom is 0.268 e. The lowest BCUT2D eigenvalue weighted by Gasteiger charge is -2.08. The van der Waals surface area contributed by atoms with Gasteiger partial charge in [-0.15, -0.1) is 11.3 Å². The molecule has 0 unspecified atom stereocenters. The molecule has 6 heteroatoms. The summed E-state index contributed by atoms with van der Waals surface area (Å²) in [6.07, 6.45) is 0. The van der Waals surface area contributed by atoms with Crippen molar-refractivity contribution >= 4 is 17.2 Å². The molecular formula is C17H17N3O2S. The fraction of sp³-hybridized carbons (Fsp3) is 0.235. The Kier molecular flexibility index (Phi) is 4.25. The van der Waals surface area contributed by atoms with Gasteiger partial charge in [0.2, 0.25) is 5.82 Å². The van der Waals surface area contributed by atoms with Gasteiger partial charge >= 0.3 is 0 Å². The molecule has 1 N–H and O–H groups in total. The van der Waals surface area contributed by atoms with Crippen LogP contribution >= 0.6 is 11.3 Å². The highest BCUT2D eigenvalue weighted by Crippen LogP contribution is 2.28. The van der Waals surface area contributed by atoms with Gasteiger partial charge in [-0.05, 0) is 45.0 Å². The van der Waals surface area contributed by atoms with E-state index in [1.807, 2.05) is 45.0 Å². The second kappa shape index (κ2) is 6.34. The molecule has 0 bridgehead atoms. The van der Waals surface area contributed by atoms with E-state index in [0.29, 0.717) is 17.3 Å². The minimum Gasteiger partial charge on any atom is -0.350 e. The van der Waals surface area contributed by atoms with E-state index in [1.165, 1.54) is 4.88 Å². The number of nitrogens with one attached hydrogen (secondary N) is 1. The van der Waals surface area contributed by atoms with E-state index in [2.05, 4.69) is 15.5 Å². The smallest absolute Gasteiger partial charge is 0.268 e. The summed E-state index contributed by atoms with van der Waals surface area (Å²) in [7, 11) is 0. The molecule has 0 radical (unpaired) electrons. The molecule has 0 aliphatic carbocycles. The van der Waals surface area contributed by atoms with Crippen LogP contribution < -0.4 is 5.32 Å². The van der Waals surface area contributed by atoms with Crippen LogP contribution in [0.4, 0.5) is 0 Å². The first-order valence-electron chi connectivity index (χ1n) is 7.35. The maximum atomic E-state index is 12.1. The Morgan fingerprint density at radius 1 is 1.26 bits per heavy atom. The molecule has 118 valence electrons. The summed E-state index contributed by atoms with van der Waals surface area (Å²) in [6.45, 7) is 5.88. The third-order valence-electron chi connectivity index (χ3n) is 3.18. The van der Waals surface area contributed by atoms with Gasteiger partial charge < -0.3 is 9.84 Å². The highest BCUT2D eigenvalue weighted by atomic mass is 32.1. The van der Waals surface area contributed by atoms with E-state index in [0.717, 1.165) is 10.4 Å². The van der Waals surface area contributed by atoms with Crippen LogP contribution in [0.25, 0.3) is 22.2 Å². The average molecular weight is 327 g/mol. The summed E-state index contributed by atoms with van der Waals surface area (Å²) in [5, 5.41) is 6.89. The number of hydrogen-bond acceptors (Lipinski definition) is 5. The first-order chi connectivity index (χ1) is 11.0. The van der Waals surface area contributed by atoms with Crippen LogP contribution in [-0.4, -0.2) is 22.1 Å². The van der Waals surface area contributed by atoms with Crippen molar-refractivity contribution in [2.75, 3.05) is 0 Å². The Balaban J connectivity index is 1.88. The van der Waals surface area contributed by atoms with Gasteiger partial charge in [-0.25, -0.2) is 0 Å². The van der Waals surface area contributed by atoms with Crippen molar-refractivity contribution in [2.24, 2.45) is 0 Å². The summed E-state index contributed by atoms with van der Waals surface area (Å²) >= 11 is 1.60. The van der Waals surface area contributed by atoms with Crippen LogP contribution in [0, 0.1) is 6.92 Å². The Morgan fingerprint density at radius 2 is 2.09 bits per heavy atom. The van der Waals surface area contributed by atoms with Gasteiger partial charge in [-0.3, -0.25) is 4.79 Å². The third kappa shape index (κ3) is 3.48. The molecule has 3 rings (SSSR count). The molecule has 0 spiro atoms. The topological polar surface area (TPSA) is 68.0 Å². The van der Waals surface area contributed by atoms with Gasteiger partial charge in [0.15, 0.2) is 0 Å². The number of benzene rings is 1. The number of thiophene rings is 1. The lowest BCUT2D eigenvalue weighted by molar-refractivity contribution is 0.0943. The zero-order chi connectivity index (χ0) is 16.4. The van der Waals surface area contributed by atoms with E-state index in [1.54, 1.807) is 23.5 Å². The zero-order valence-corrected chi connectivity index (χ0v) is 14.0. The van der Waals surface area contributed by atoms with Gasteiger partial charge in [0.25, 0.3) is 11.8 Å². The van der Waals surface area contributed by atoms with Crippen molar-refractivity contribution in [3.63, 3.8) is 0 Å². The van der Waals surface area contributed by atoms with Crippen LogP contribution in [-0.2, 0) is 0 Å². The summed E-state index contributed by atoms with van der Waals surface area (Å²) in [5.41, 5.74) is 1.33. The summed E-state index contributed by atoms with van der Waals surface area (Å²) in [5.74, 6) is 0.861. The number of rotatable bonds is 4. The van der Waals surface area contributed by atoms with Gasteiger partial charge in [0, 0.05) is 22.0 Å². The van der Waals surface area contributed by atoms with Gasteiger partial charge in [-0.2, -0.15) is 4.98 Å². The summed E-state index contributed by atoms with van der Waals surface area (Å²) in [4.78, 5) is 18.6. The molecule has 0 saturated carbocycles. The molecule has 1 amide bonds. The Bertz CT molecular complexity index is 836. The Hall–Kier alpha value is -2.47. The molecule has 3 aromatic rings. The molecule has 0 aliphatic rings. The number of hydrogen-bond donors (Lipinski definition) is 1. The SMILES string of the molecule is Cc1ccc(-c2nc(-c3cccc(C(=O)NC(C)C)c3)no2)s1. The monoisotopic (exact) mass is 327 g/mol. The second-order valence-corrected chi connectivity index (χ2v) is 6.83. The molecule has 1 aromatic carbocycles. The number of nitrogens with zero attached hydrogens (tertiary/aromatic N) is 2. The minimum absolute atomic E-state index is 0.0880. The van der Waals surface area contributed by atoms with Gasteiger partial charge in [0.1, 0.15) is 0 Å². The predicted octanol–water partition coefficient (Wildman–Crippen LogP) is 3.91. The van der Waals surface area contributed by atoms with Crippen molar-refractivity contribution in [2.45, 2.75) is 26.8 Å². The lowest BCUT2D eigenvalue weighted by atomic mass is 10.1. The molecule has 5 nitrogen and oxygen atoms in total. The van der Waals surface area contributed by atoms with Crippen LogP contribution in [0.5, 0.6) is 0 Å². The molecule has 0 saturated heterocycles. The largest absolute Gasteiger partial charge is 0.350 e. The summed E-state index contributed by atoms with van der Waals surface area (Å²) < 4.78 is 5.33. The maximum absolute atomic E-state index is 12.1. The number of aromatic nitrogens is 2. The molecular weight excluding hydrogens is 310 g/mol. The van der Waals surface area contributed by atoms with Gasteiger partial charge in [-0.1, -0.05) is 17.3 Å². The Labute approximate surface area is 138 Å². The highest BCUT2D eigenvalue weighted by molar-refractivity contribution is 7.15. The van der Waals surface area contributed by atoms with Crippen LogP contribution in [0.1, 0.15) is 29.1 Å². The number of amides is 1. The van der Waals surface area contributed by atoms with Crippen molar-refractivity contribution < 1.29 is 9.32 Å². The van der Waals surface area contributed by atoms with E-state index in [-0.39, 0.29) is 11.9 Å². The second-order valence-electron chi connectivity index (χ2n) is 5.54. The molecule has 0 aliphatic heterocycles. The average Bonchev–Trinajstić information content (AvgIpc) is 3.15. The number of carbonyl (C=O) groups excluding carboxylic acids is 1. The zero-order valence-electron chi connectivity index (χ0n) is 13.2. The third-order valence-corrected chi connectivity index (χ3v) is 4.17. The number of carbonyl (C=O) groups is 1. The van der Waals surface area contributed by atoms with E-state index in [9.17, 15) is 4.79 Å². The van der Waals surface area contributed by atoms with Crippen molar-refractivity contribution in [3.05, 3.63) is 46.8 Å². The van der Waals surface area contributed by atoms with Crippen LogP contribution in [0.15, 0.2) is 40.9 Å². The van der Waals surface area contributed by atoms with E-state index in [4.69, 9.17) is 4.52 Å². The van der Waals surface area contributed by atoms with E-state index >= 15 is 0 Å². The highest BCUT2D eigenvalue weighted by Gasteiger charge is 2.14. The van der Waals surface area contributed by atoms with Crippen molar-refractivity contribution in [1.29, 1.82) is 0 Å². The quantitative estimate of drug-likeness (QED) is 0.789. The van der Waals surface area contributed by atoms with Gasteiger partial charge in [0.05, 0.1) is 4.88 Å². The predicted molar refractivity (Wildman–Crippen MR) is 90.4 cm³/mol. The molecule has 2 heterocycles. The molecule has 23 heavy (non-hydrogen) atoms. The van der Waals surface area contributed by atoms with Crippen LogP contribution in [0.2, 0.25) is 0 Å². The molecule has 0 fully saturated rings. The Morgan fingerprint density at radius 3 is 2.78 bits per heavy atom. The fourth-order valence-electron chi connectivity index (χ4n) is 2.14. The standard InChI is InChI=1S/C17H17N3O2S/c1-10(2)18-16(21)13-6-4-5-12(9-13)15-19-17(22-20-15)14-8-7-11(3)23-14/h4-10H,1-3H3,(H,18,21). The van der Waals surface area contributed by atoms with Crippen molar-refractivity contribution in [1.82, 2.24) is 15.5 Å². The fourth-order valence-corrected chi connectivity index (χ4v) is 2.92. The first kappa shape index (κ1) is 15.4. The van der Waals surface area contributed by atoms with Crippen molar-refractivity contribution in [3.8, 4) is 22.2 Å². The molecule has 0 atom stereocenters. The lowest BCUT2D eigenvalue weighted by Crippen LogP contribution is -2.30. The number of aryl methyl sites for hydroxylation is 1. The normalized spacial score (nSPS) is 11.0. The summed E-state index contributed by atoms with van der Waals surface area (Å²) in [6, 6.07) is 11.3. The van der Waals surface area contributed by atoms with Crippen LogP contribution in [0.3, 0.4) is 0 Å². The first-order valence-corrected chi connectivity index (χ1v) is 8.16. The van der Waals surface area contributed by atoms with E-state index < -0.39 is 0 Å².